The van der Waals surface area contributed by atoms with Gasteiger partial charge < -0.3 is 10.6 Å². The molecule has 1 aromatic rings. The van der Waals surface area contributed by atoms with E-state index in [0.29, 0.717) is 17.8 Å². The molecule has 0 aliphatic rings. The number of carbonyl (C=O) groups excluding carboxylic acids is 1. The summed E-state index contributed by atoms with van der Waals surface area (Å²) in [5, 5.41) is 5.75. The van der Waals surface area contributed by atoms with E-state index in [2.05, 4.69) is 10.6 Å². The zero-order valence-electron chi connectivity index (χ0n) is 11.8. The first-order valence-electron chi connectivity index (χ1n) is 6.42. The Kier molecular flexibility index (Phi) is 6.45. The molecule has 0 radical (unpaired) electrons. The van der Waals surface area contributed by atoms with Crippen LogP contribution in [0, 0.1) is 12.7 Å². The standard InChI is InChI=1S/C14H22FN3O/c1-11-5-6-12(9-13(11)15)17-14(19)10-18(3)8-4-7-16-2/h5-6,9,16H,4,7-8,10H2,1-3H3,(H,17,19). The molecule has 0 fully saturated rings. The SMILES string of the molecule is CNCCCN(C)CC(=O)Nc1ccc(C)c(F)c1. The molecule has 0 aliphatic carbocycles. The minimum absolute atomic E-state index is 0.129. The van der Waals surface area contributed by atoms with Crippen molar-refractivity contribution in [3.63, 3.8) is 0 Å². The largest absolute Gasteiger partial charge is 0.325 e. The van der Waals surface area contributed by atoms with Gasteiger partial charge in [-0.05, 0) is 58.2 Å². The van der Waals surface area contributed by atoms with Crippen molar-refractivity contribution < 1.29 is 9.18 Å². The fraction of sp³-hybridized carbons (Fsp3) is 0.500. The minimum atomic E-state index is -0.305. The summed E-state index contributed by atoms with van der Waals surface area (Å²) in [6, 6.07) is 4.70. The van der Waals surface area contributed by atoms with Gasteiger partial charge in [-0.1, -0.05) is 6.07 Å². The number of halogens is 1. The van der Waals surface area contributed by atoms with Crippen LogP contribution >= 0.6 is 0 Å². The number of nitrogens with one attached hydrogen (secondary N) is 2. The first kappa shape index (κ1) is 15.6. The average Bonchev–Trinajstić information content (AvgIpc) is 2.34. The maximum absolute atomic E-state index is 13.3. The third-order valence-electron chi connectivity index (χ3n) is 2.84. The highest BCUT2D eigenvalue weighted by Gasteiger charge is 2.07. The number of carbonyl (C=O) groups is 1. The van der Waals surface area contributed by atoms with Gasteiger partial charge in [-0.25, -0.2) is 4.39 Å². The van der Waals surface area contributed by atoms with Gasteiger partial charge in [0.15, 0.2) is 0 Å². The number of nitrogens with zero attached hydrogens (tertiary/aromatic N) is 1. The average molecular weight is 267 g/mol. The summed E-state index contributed by atoms with van der Waals surface area (Å²) in [6.07, 6.45) is 0.986. The fourth-order valence-corrected chi connectivity index (χ4v) is 1.72. The van der Waals surface area contributed by atoms with Gasteiger partial charge in [-0.3, -0.25) is 9.69 Å². The molecule has 106 valence electrons. The van der Waals surface area contributed by atoms with Gasteiger partial charge in [0.05, 0.1) is 6.54 Å². The smallest absolute Gasteiger partial charge is 0.238 e. The lowest BCUT2D eigenvalue weighted by Gasteiger charge is -2.16. The molecule has 0 bridgehead atoms. The second-order valence-electron chi connectivity index (χ2n) is 4.71. The lowest BCUT2D eigenvalue weighted by molar-refractivity contribution is -0.117. The van der Waals surface area contributed by atoms with Crippen molar-refractivity contribution >= 4 is 11.6 Å². The summed E-state index contributed by atoms with van der Waals surface area (Å²) in [7, 11) is 3.80. The van der Waals surface area contributed by atoms with E-state index in [-0.39, 0.29) is 11.7 Å². The van der Waals surface area contributed by atoms with E-state index >= 15 is 0 Å². The summed E-state index contributed by atoms with van der Waals surface area (Å²) in [5.74, 6) is -0.435. The van der Waals surface area contributed by atoms with E-state index in [1.165, 1.54) is 6.07 Å². The van der Waals surface area contributed by atoms with Crippen LogP contribution in [0.25, 0.3) is 0 Å². The number of amides is 1. The van der Waals surface area contributed by atoms with E-state index in [1.54, 1.807) is 19.1 Å². The monoisotopic (exact) mass is 267 g/mol. The van der Waals surface area contributed by atoms with Crippen LogP contribution in [0.1, 0.15) is 12.0 Å². The summed E-state index contributed by atoms with van der Waals surface area (Å²) in [6.45, 7) is 3.77. The van der Waals surface area contributed by atoms with Crippen molar-refractivity contribution in [3.8, 4) is 0 Å². The predicted molar refractivity (Wildman–Crippen MR) is 75.8 cm³/mol. The molecule has 0 saturated carbocycles. The molecule has 0 atom stereocenters. The molecule has 0 unspecified atom stereocenters. The molecule has 0 saturated heterocycles. The number of hydrogen-bond donors (Lipinski definition) is 2. The summed E-state index contributed by atoms with van der Waals surface area (Å²) >= 11 is 0. The molecular weight excluding hydrogens is 245 g/mol. The highest BCUT2D eigenvalue weighted by atomic mass is 19.1. The van der Waals surface area contributed by atoms with Crippen LogP contribution in [0.15, 0.2) is 18.2 Å². The zero-order chi connectivity index (χ0) is 14.3. The molecule has 5 heteroatoms. The highest BCUT2D eigenvalue weighted by molar-refractivity contribution is 5.92. The van der Waals surface area contributed by atoms with Crippen molar-refractivity contribution in [2.45, 2.75) is 13.3 Å². The van der Waals surface area contributed by atoms with Crippen molar-refractivity contribution in [2.75, 3.05) is 39.0 Å². The molecule has 1 amide bonds. The van der Waals surface area contributed by atoms with Crippen LogP contribution in [0.3, 0.4) is 0 Å². The second kappa shape index (κ2) is 7.86. The molecule has 1 aromatic carbocycles. The number of likely N-dealkylation sites (N-methyl/N-ethyl adjacent to an activating group) is 1. The molecular formula is C14H22FN3O. The van der Waals surface area contributed by atoms with Gasteiger partial charge in [-0.2, -0.15) is 0 Å². The Hall–Kier alpha value is -1.46. The van der Waals surface area contributed by atoms with Gasteiger partial charge in [0.2, 0.25) is 5.91 Å². The van der Waals surface area contributed by atoms with Crippen molar-refractivity contribution in [1.82, 2.24) is 10.2 Å². The van der Waals surface area contributed by atoms with E-state index in [9.17, 15) is 9.18 Å². The van der Waals surface area contributed by atoms with Crippen LogP contribution < -0.4 is 10.6 Å². The van der Waals surface area contributed by atoms with Gasteiger partial charge in [0, 0.05) is 5.69 Å². The maximum atomic E-state index is 13.3. The third-order valence-corrected chi connectivity index (χ3v) is 2.84. The van der Waals surface area contributed by atoms with E-state index in [0.717, 1.165) is 19.5 Å². The number of hydrogen-bond acceptors (Lipinski definition) is 3. The number of rotatable bonds is 7. The van der Waals surface area contributed by atoms with Crippen LogP contribution in [-0.4, -0.2) is 44.5 Å². The summed E-state index contributed by atoms with van der Waals surface area (Å²) in [5.41, 5.74) is 1.07. The number of anilines is 1. The Bertz CT molecular complexity index is 423. The molecule has 0 heterocycles. The lowest BCUT2D eigenvalue weighted by atomic mass is 10.2. The molecule has 1 rings (SSSR count). The fourth-order valence-electron chi connectivity index (χ4n) is 1.72. The normalized spacial score (nSPS) is 10.8. The van der Waals surface area contributed by atoms with Crippen LogP contribution in [0.2, 0.25) is 0 Å². The van der Waals surface area contributed by atoms with Gasteiger partial charge in [0.1, 0.15) is 5.82 Å². The highest BCUT2D eigenvalue weighted by Crippen LogP contribution is 2.13. The molecule has 2 N–H and O–H groups in total. The molecule has 0 aromatic heterocycles. The number of benzene rings is 1. The molecule has 0 spiro atoms. The Labute approximate surface area is 114 Å². The quantitative estimate of drug-likeness (QED) is 0.738. The van der Waals surface area contributed by atoms with E-state index < -0.39 is 0 Å². The summed E-state index contributed by atoms with van der Waals surface area (Å²) in [4.78, 5) is 13.7. The first-order valence-corrected chi connectivity index (χ1v) is 6.42. The molecule has 19 heavy (non-hydrogen) atoms. The van der Waals surface area contributed by atoms with E-state index in [1.807, 2.05) is 19.0 Å². The Morgan fingerprint density at radius 1 is 1.42 bits per heavy atom. The van der Waals surface area contributed by atoms with Gasteiger partial charge >= 0.3 is 0 Å². The second-order valence-corrected chi connectivity index (χ2v) is 4.71. The van der Waals surface area contributed by atoms with Crippen LogP contribution in [-0.2, 0) is 4.79 Å². The molecule has 0 aliphatic heterocycles. The molecule has 4 nitrogen and oxygen atoms in total. The van der Waals surface area contributed by atoms with E-state index in [4.69, 9.17) is 0 Å². The van der Waals surface area contributed by atoms with Crippen molar-refractivity contribution in [1.29, 1.82) is 0 Å². The van der Waals surface area contributed by atoms with Gasteiger partial charge in [-0.15, -0.1) is 0 Å². The van der Waals surface area contributed by atoms with Gasteiger partial charge in [0.25, 0.3) is 0 Å². The van der Waals surface area contributed by atoms with Crippen molar-refractivity contribution in [2.24, 2.45) is 0 Å². The third kappa shape index (κ3) is 5.81. The predicted octanol–water partition coefficient (Wildman–Crippen LogP) is 1.61. The van der Waals surface area contributed by atoms with Crippen LogP contribution in [0.5, 0.6) is 0 Å². The zero-order valence-corrected chi connectivity index (χ0v) is 11.8. The van der Waals surface area contributed by atoms with Crippen molar-refractivity contribution in [3.05, 3.63) is 29.6 Å². The number of aryl methyl sites for hydroxylation is 1. The first-order chi connectivity index (χ1) is 9.02. The minimum Gasteiger partial charge on any atom is -0.325 e. The Morgan fingerprint density at radius 3 is 2.79 bits per heavy atom. The Morgan fingerprint density at radius 2 is 2.16 bits per heavy atom. The topological polar surface area (TPSA) is 44.4 Å². The Balaban J connectivity index is 2.39. The maximum Gasteiger partial charge on any atom is 0.238 e. The lowest BCUT2D eigenvalue weighted by Crippen LogP contribution is -2.31. The summed E-state index contributed by atoms with van der Waals surface area (Å²) < 4.78 is 13.3. The van der Waals surface area contributed by atoms with Crippen LogP contribution in [0.4, 0.5) is 10.1 Å².